The zero-order chi connectivity index (χ0) is 19.0. The number of nitrogens with one attached hydrogen (secondary N) is 1. The smallest absolute Gasteiger partial charge is 0.459 e. The molecule has 4 saturated carbocycles. The minimum absolute atomic E-state index is 0.0464. The molecule has 4 aliphatic rings. The van der Waals surface area contributed by atoms with E-state index in [1.165, 1.54) is 0 Å². The summed E-state index contributed by atoms with van der Waals surface area (Å²) in [6.07, 6.45) is 2.68. The molecule has 0 amide bonds. The molecule has 4 fully saturated rings. The first-order valence-corrected chi connectivity index (χ1v) is 10.4. The SMILES string of the molecule is C=C(C)C(=O)OC1CC2CC1C1C3CC(NS(=O)(=O)C(F)(F)F)C(C3)C21. The van der Waals surface area contributed by atoms with Gasteiger partial charge in [-0.05, 0) is 68.1 Å². The molecular formula is C17H22F3NO4S. The lowest BCUT2D eigenvalue weighted by molar-refractivity contribution is -0.149. The Balaban J connectivity index is 1.46. The maximum Gasteiger partial charge on any atom is 0.511 e. The predicted molar refractivity (Wildman–Crippen MR) is 86.0 cm³/mol. The van der Waals surface area contributed by atoms with Crippen LogP contribution in [0, 0.1) is 35.5 Å². The van der Waals surface area contributed by atoms with Gasteiger partial charge in [0.1, 0.15) is 6.10 Å². The van der Waals surface area contributed by atoms with Crippen LogP contribution in [-0.2, 0) is 19.6 Å². The highest BCUT2D eigenvalue weighted by Gasteiger charge is 2.66. The lowest BCUT2D eigenvalue weighted by Crippen LogP contribution is -2.49. The van der Waals surface area contributed by atoms with Gasteiger partial charge >= 0.3 is 21.5 Å². The molecule has 1 N–H and O–H groups in total. The van der Waals surface area contributed by atoms with E-state index in [2.05, 4.69) is 6.58 Å². The van der Waals surface area contributed by atoms with Crippen molar-refractivity contribution < 1.29 is 31.1 Å². The molecule has 0 spiro atoms. The second-order valence-corrected chi connectivity index (χ2v) is 10.0. The van der Waals surface area contributed by atoms with Crippen molar-refractivity contribution in [2.75, 3.05) is 0 Å². The van der Waals surface area contributed by atoms with Crippen molar-refractivity contribution in [2.24, 2.45) is 35.5 Å². The molecular weight excluding hydrogens is 371 g/mol. The summed E-state index contributed by atoms with van der Waals surface area (Å²) in [6.45, 7) is 5.20. The van der Waals surface area contributed by atoms with Crippen LogP contribution >= 0.6 is 0 Å². The summed E-state index contributed by atoms with van der Waals surface area (Å²) < 4.78 is 68.5. The Kier molecular flexibility index (Phi) is 4.01. The monoisotopic (exact) mass is 393 g/mol. The normalized spacial score (nSPS) is 43.5. The number of hydrogen-bond acceptors (Lipinski definition) is 4. The number of alkyl halides is 3. The van der Waals surface area contributed by atoms with E-state index in [-0.39, 0.29) is 29.8 Å². The van der Waals surface area contributed by atoms with Crippen LogP contribution in [0.15, 0.2) is 12.2 Å². The standard InChI is InChI=1S/C17H22F3NO4S/c1-7(2)16(22)25-13-6-9-4-11(13)15-8-3-10(14(9)15)12(5-8)21-26(23,24)17(18,19)20/h8-15,21H,1,3-6H2,2H3. The lowest BCUT2D eigenvalue weighted by atomic mass is 9.69. The molecule has 8 atom stereocenters. The highest BCUT2D eigenvalue weighted by atomic mass is 32.2. The van der Waals surface area contributed by atoms with E-state index in [1.54, 1.807) is 6.92 Å². The van der Waals surface area contributed by atoms with E-state index >= 15 is 0 Å². The van der Waals surface area contributed by atoms with Crippen LogP contribution in [0.2, 0.25) is 0 Å². The predicted octanol–water partition coefficient (Wildman–Crippen LogP) is 2.59. The van der Waals surface area contributed by atoms with Gasteiger partial charge in [-0.15, -0.1) is 0 Å². The van der Waals surface area contributed by atoms with Crippen LogP contribution in [0.5, 0.6) is 0 Å². The largest absolute Gasteiger partial charge is 0.511 e. The number of ether oxygens (including phenoxy) is 1. The summed E-state index contributed by atoms with van der Waals surface area (Å²) in [5, 5.41) is 0. The topological polar surface area (TPSA) is 72.5 Å². The van der Waals surface area contributed by atoms with Gasteiger partial charge in [0.25, 0.3) is 0 Å². The molecule has 4 rings (SSSR count). The Morgan fingerprint density at radius 1 is 1.08 bits per heavy atom. The third-order valence-corrected chi connectivity index (χ3v) is 8.20. The van der Waals surface area contributed by atoms with Gasteiger partial charge in [-0.3, -0.25) is 0 Å². The minimum atomic E-state index is -5.31. The fourth-order valence-corrected chi connectivity index (χ4v) is 7.12. The van der Waals surface area contributed by atoms with Gasteiger partial charge in [-0.25, -0.2) is 17.9 Å². The average molecular weight is 393 g/mol. The second-order valence-electron chi connectivity index (χ2n) is 8.34. The highest BCUT2D eigenvalue weighted by Crippen LogP contribution is 2.67. The quantitative estimate of drug-likeness (QED) is 0.453. The number of hydrogen-bond donors (Lipinski definition) is 1. The molecule has 0 aliphatic heterocycles. The number of fused-ring (bicyclic) bond motifs is 9. The van der Waals surface area contributed by atoms with E-state index in [1.807, 2.05) is 4.72 Å². The molecule has 5 nitrogen and oxygen atoms in total. The van der Waals surface area contributed by atoms with Crippen LogP contribution in [0.25, 0.3) is 0 Å². The Labute approximate surface area is 150 Å². The molecule has 146 valence electrons. The lowest BCUT2D eigenvalue weighted by Gasteiger charge is -2.41. The van der Waals surface area contributed by atoms with Gasteiger partial charge < -0.3 is 4.74 Å². The van der Waals surface area contributed by atoms with Gasteiger partial charge in [0.2, 0.25) is 0 Å². The Morgan fingerprint density at radius 2 is 1.65 bits per heavy atom. The maximum atomic E-state index is 12.7. The van der Waals surface area contributed by atoms with Crippen LogP contribution in [-0.4, -0.2) is 32.0 Å². The maximum absolute atomic E-state index is 12.7. The molecule has 0 aromatic heterocycles. The average Bonchev–Trinajstić information content (AvgIpc) is 3.22. The van der Waals surface area contributed by atoms with Crippen LogP contribution in [0.1, 0.15) is 32.6 Å². The second kappa shape index (κ2) is 5.70. The highest BCUT2D eigenvalue weighted by molar-refractivity contribution is 7.90. The third kappa shape index (κ3) is 2.61. The summed E-state index contributed by atoms with van der Waals surface area (Å²) in [5.74, 6) is 0.859. The number of carbonyl (C=O) groups is 1. The van der Waals surface area contributed by atoms with Gasteiger partial charge in [0.15, 0.2) is 0 Å². The van der Waals surface area contributed by atoms with Crippen molar-refractivity contribution in [3.63, 3.8) is 0 Å². The Bertz CT molecular complexity index is 750. The third-order valence-electron chi connectivity index (χ3n) is 6.98. The molecule has 26 heavy (non-hydrogen) atoms. The first-order valence-electron chi connectivity index (χ1n) is 8.94. The van der Waals surface area contributed by atoms with Gasteiger partial charge in [-0.1, -0.05) is 6.58 Å². The number of sulfonamides is 1. The molecule has 8 unspecified atom stereocenters. The first-order chi connectivity index (χ1) is 12.0. The van der Waals surface area contributed by atoms with Crippen LogP contribution < -0.4 is 4.72 Å². The van der Waals surface area contributed by atoms with Gasteiger partial charge in [0.05, 0.1) is 0 Å². The molecule has 0 aromatic carbocycles. The molecule has 9 heteroatoms. The molecule has 0 saturated heterocycles. The summed E-state index contributed by atoms with van der Waals surface area (Å²) >= 11 is 0. The summed E-state index contributed by atoms with van der Waals surface area (Å²) in [4.78, 5) is 11.8. The van der Waals surface area contributed by atoms with Crippen molar-refractivity contribution in [3.05, 3.63) is 12.2 Å². The number of esters is 1. The number of halogens is 3. The Morgan fingerprint density at radius 3 is 2.27 bits per heavy atom. The fourth-order valence-electron chi connectivity index (χ4n) is 6.31. The minimum Gasteiger partial charge on any atom is -0.459 e. The number of rotatable bonds is 4. The number of carbonyl (C=O) groups excluding carboxylic acids is 1. The van der Waals surface area contributed by atoms with Crippen molar-refractivity contribution in [3.8, 4) is 0 Å². The van der Waals surface area contributed by atoms with Gasteiger partial charge in [0, 0.05) is 11.6 Å². The molecule has 0 radical (unpaired) electrons. The van der Waals surface area contributed by atoms with Crippen molar-refractivity contribution in [1.29, 1.82) is 0 Å². The Hall–Kier alpha value is -1.09. The first kappa shape index (κ1) is 18.3. The summed E-state index contributed by atoms with van der Waals surface area (Å²) in [7, 11) is -5.31. The zero-order valence-corrected chi connectivity index (χ0v) is 15.1. The molecule has 0 heterocycles. The summed E-state index contributed by atoms with van der Waals surface area (Å²) in [6, 6.07) is -0.636. The van der Waals surface area contributed by atoms with Crippen LogP contribution in [0.4, 0.5) is 13.2 Å². The van der Waals surface area contributed by atoms with Crippen LogP contribution in [0.3, 0.4) is 0 Å². The molecule has 4 bridgehead atoms. The van der Waals surface area contributed by atoms with Crippen molar-refractivity contribution in [2.45, 2.75) is 50.3 Å². The molecule has 4 aliphatic carbocycles. The van der Waals surface area contributed by atoms with Gasteiger partial charge in [-0.2, -0.15) is 13.2 Å². The zero-order valence-electron chi connectivity index (χ0n) is 14.3. The van der Waals surface area contributed by atoms with Crippen molar-refractivity contribution in [1.82, 2.24) is 4.72 Å². The van der Waals surface area contributed by atoms with E-state index in [4.69, 9.17) is 4.74 Å². The van der Waals surface area contributed by atoms with E-state index in [0.717, 1.165) is 12.8 Å². The van der Waals surface area contributed by atoms with E-state index in [0.29, 0.717) is 30.3 Å². The van der Waals surface area contributed by atoms with E-state index in [9.17, 15) is 26.4 Å². The molecule has 0 aromatic rings. The van der Waals surface area contributed by atoms with E-state index < -0.39 is 27.5 Å². The summed E-state index contributed by atoms with van der Waals surface area (Å²) in [5.41, 5.74) is -4.91. The van der Waals surface area contributed by atoms with Crippen molar-refractivity contribution >= 4 is 16.0 Å². The fraction of sp³-hybridized carbons (Fsp3) is 0.824.